The molecule has 0 spiro atoms. The lowest BCUT2D eigenvalue weighted by atomic mass is 10.5. The molecule has 0 amide bonds. The van der Waals surface area contributed by atoms with E-state index < -0.39 is 0 Å². The smallest absolute Gasteiger partial charge is 0.0932 e. The highest BCUT2D eigenvalue weighted by molar-refractivity contribution is 7.16. The Balaban J connectivity index is 2.61. The van der Waals surface area contributed by atoms with Crippen molar-refractivity contribution in [2.45, 2.75) is 6.61 Å². The van der Waals surface area contributed by atoms with E-state index in [4.69, 9.17) is 11.6 Å². The third kappa shape index (κ3) is 1.97. The quantitative estimate of drug-likeness (QED) is 0.648. The topological polar surface area (TPSA) is 9.23 Å². The zero-order valence-corrected chi connectivity index (χ0v) is 6.34. The van der Waals surface area contributed by atoms with E-state index in [9.17, 15) is 0 Å². The molecule has 3 heteroatoms. The molecular weight excluding hydrogens is 156 g/mol. The largest absolute Gasteiger partial charge is 0.374 e. The van der Waals surface area contributed by atoms with Crippen molar-refractivity contribution in [2.75, 3.05) is 0 Å². The Labute approximate surface area is 63.2 Å². The Morgan fingerprint density at radius 3 is 2.89 bits per heavy atom. The van der Waals surface area contributed by atoms with Crippen LogP contribution in [0.25, 0.3) is 0 Å². The van der Waals surface area contributed by atoms with Crippen LogP contribution in [-0.2, 0) is 11.3 Å². The van der Waals surface area contributed by atoms with Gasteiger partial charge in [-0.3, -0.25) is 0 Å². The first-order valence-electron chi connectivity index (χ1n) is 2.44. The highest BCUT2D eigenvalue weighted by atomic mass is 35.5. The fraction of sp³-hybridized carbons (Fsp3) is 0.167. The molecule has 0 N–H and O–H groups in total. The lowest BCUT2D eigenvalue weighted by Gasteiger charge is -1.88. The molecular formula is C6H6ClOS. The van der Waals surface area contributed by atoms with Gasteiger partial charge in [0.25, 0.3) is 0 Å². The fourth-order valence-electron chi connectivity index (χ4n) is 0.530. The summed E-state index contributed by atoms with van der Waals surface area (Å²) in [5.74, 6) is 0. The number of thiophene rings is 1. The van der Waals surface area contributed by atoms with Crippen LogP contribution < -0.4 is 0 Å². The lowest BCUT2D eigenvalue weighted by molar-refractivity contribution is 0.232. The van der Waals surface area contributed by atoms with Gasteiger partial charge in [0.15, 0.2) is 0 Å². The summed E-state index contributed by atoms with van der Waals surface area (Å²) in [5.41, 5.74) is 0. The van der Waals surface area contributed by atoms with Gasteiger partial charge in [-0.05, 0) is 12.1 Å². The summed E-state index contributed by atoms with van der Waals surface area (Å²) in [6.07, 6.45) is 0. The second-order valence-electron chi connectivity index (χ2n) is 1.55. The van der Waals surface area contributed by atoms with Gasteiger partial charge in [0.2, 0.25) is 0 Å². The van der Waals surface area contributed by atoms with Gasteiger partial charge in [0, 0.05) is 4.88 Å². The van der Waals surface area contributed by atoms with E-state index in [0.717, 1.165) is 9.21 Å². The third-order valence-electron chi connectivity index (χ3n) is 0.873. The van der Waals surface area contributed by atoms with Gasteiger partial charge in [0.1, 0.15) is 0 Å². The number of halogens is 1. The molecule has 0 aliphatic carbocycles. The van der Waals surface area contributed by atoms with Gasteiger partial charge in [-0.25, -0.2) is 0 Å². The predicted octanol–water partition coefficient (Wildman–Crippen LogP) is 2.71. The highest BCUT2D eigenvalue weighted by Gasteiger charge is 1.94. The van der Waals surface area contributed by atoms with E-state index in [1.54, 1.807) is 0 Å². The van der Waals surface area contributed by atoms with Crippen molar-refractivity contribution in [2.24, 2.45) is 0 Å². The van der Waals surface area contributed by atoms with E-state index in [2.05, 4.69) is 11.8 Å². The zero-order chi connectivity index (χ0) is 6.69. The molecule has 0 saturated heterocycles. The second-order valence-corrected chi connectivity index (χ2v) is 3.35. The minimum absolute atomic E-state index is 0.553. The zero-order valence-electron chi connectivity index (χ0n) is 4.76. The minimum Gasteiger partial charge on any atom is -0.374 e. The van der Waals surface area contributed by atoms with E-state index in [1.165, 1.54) is 11.3 Å². The molecule has 0 aliphatic rings. The Hall–Kier alpha value is -0.0500. The van der Waals surface area contributed by atoms with Crippen molar-refractivity contribution >= 4 is 22.9 Å². The minimum atomic E-state index is 0.553. The summed E-state index contributed by atoms with van der Waals surface area (Å²) >= 11 is 7.15. The normalized spacial score (nSPS) is 10.0. The summed E-state index contributed by atoms with van der Waals surface area (Å²) in [6.45, 7) is 0.553. The van der Waals surface area contributed by atoms with Gasteiger partial charge in [-0.2, -0.15) is 0 Å². The third-order valence-corrected chi connectivity index (χ3v) is 2.08. The first kappa shape index (κ1) is 7.06. The maximum absolute atomic E-state index is 5.64. The summed E-state index contributed by atoms with van der Waals surface area (Å²) < 4.78 is 5.44. The Morgan fingerprint density at radius 1 is 1.67 bits per heavy atom. The van der Waals surface area contributed by atoms with Crippen LogP contribution in [0.5, 0.6) is 0 Å². The average molecular weight is 162 g/mol. The molecule has 0 bridgehead atoms. The van der Waals surface area contributed by atoms with Crippen LogP contribution in [0.4, 0.5) is 0 Å². The molecule has 0 saturated carbocycles. The van der Waals surface area contributed by atoms with Gasteiger partial charge in [-0.1, -0.05) is 11.6 Å². The molecule has 1 rings (SSSR count). The molecule has 0 fully saturated rings. The van der Waals surface area contributed by atoms with E-state index in [0.29, 0.717) is 6.61 Å². The van der Waals surface area contributed by atoms with Gasteiger partial charge in [-0.15, -0.1) is 11.3 Å². The van der Waals surface area contributed by atoms with Crippen LogP contribution in [-0.4, -0.2) is 0 Å². The molecule has 0 unspecified atom stereocenters. The SMILES string of the molecule is [CH2]OCc1ccc(Cl)s1. The van der Waals surface area contributed by atoms with Gasteiger partial charge in [0.05, 0.1) is 18.1 Å². The average Bonchev–Trinajstić information content (AvgIpc) is 2.17. The maximum Gasteiger partial charge on any atom is 0.0932 e. The molecule has 1 nitrogen and oxygen atoms in total. The maximum atomic E-state index is 5.64. The van der Waals surface area contributed by atoms with Gasteiger partial charge < -0.3 is 4.74 Å². The molecule has 1 aromatic heterocycles. The number of ether oxygens (including phenoxy) is 1. The molecule has 0 atom stereocenters. The number of hydrogen-bond acceptors (Lipinski definition) is 2. The first-order chi connectivity index (χ1) is 4.33. The second kappa shape index (κ2) is 3.20. The standard InChI is InChI=1S/C6H6ClOS/c1-8-4-5-2-3-6(7)9-5/h2-3H,1,4H2. The van der Waals surface area contributed by atoms with E-state index >= 15 is 0 Å². The van der Waals surface area contributed by atoms with E-state index in [-0.39, 0.29) is 0 Å². The van der Waals surface area contributed by atoms with E-state index in [1.807, 2.05) is 12.1 Å². The van der Waals surface area contributed by atoms with Crippen molar-refractivity contribution < 1.29 is 4.74 Å². The molecule has 49 valence electrons. The van der Waals surface area contributed by atoms with Crippen LogP contribution in [0, 0.1) is 7.11 Å². The Kier molecular flexibility index (Phi) is 2.51. The van der Waals surface area contributed by atoms with Crippen LogP contribution in [0.3, 0.4) is 0 Å². The van der Waals surface area contributed by atoms with Crippen molar-refractivity contribution in [3.8, 4) is 0 Å². The van der Waals surface area contributed by atoms with Crippen molar-refractivity contribution in [1.82, 2.24) is 0 Å². The molecule has 1 heterocycles. The Bertz CT molecular complexity index is 185. The molecule has 0 aliphatic heterocycles. The molecule has 1 aromatic rings. The number of hydrogen-bond donors (Lipinski definition) is 0. The van der Waals surface area contributed by atoms with Crippen molar-refractivity contribution in [3.63, 3.8) is 0 Å². The lowest BCUT2D eigenvalue weighted by Crippen LogP contribution is -1.76. The summed E-state index contributed by atoms with van der Waals surface area (Å²) in [4.78, 5) is 1.11. The molecule has 9 heavy (non-hydrogen) atoms. The molecule has 1 radical (unpaired) electrons. The predicted molar refractivity (Wildman–Crippen MR) is 39.5 cm³/mol. The van der Waals surface area contributed by atoms with Gasteiger partial charge >= 0.3 is 0 Å². The first-order valence-corrected chi connectivity index (χ1v) is 3.63. The fourth-order valence-corrected chi connectivity index (χ4v) is 1.56. The van der Waals surface area contributed by atoms with Crippen LogP contribution in [0.1, 0.15) is 4.88 Å². The van der Waals surface area contributed by atoms with Crippen LogP contribution >= 0.6 is 22.9 Å². The Morgan fingerprint density at radius 2 is 2.44 bits per heavy atom. The summed E-state index contributed by atoms with van der Waals surface area (Å²) in [5, 5.41) is 0. The summed E-state index contributed by atoms with van der Waals surface area (Å²) in [7, 11) is 3.25. The highest BCUT2D eigenvalue weighted by Crippen LogP contribution is 2.21. The van der Waals surface area contributed by atoms with Crippen LogP contribution in [0.15, 0.2) is 12.1 Å². The van der Waals surface area contributed by atoms with Crippen molar-refractivity contribution in [1.29, 1.82) is 0 Å². The number of rotatable bonds is 2. The summed E-state index contributed by atoms with van der Waals surface area (Å²) in [6, 6.07) is 3.78. The van der Waals surface area contributed by atoms with Crippen LogP contribution in [0.2, 0.25) is 4.34 Å². The van der Waals surface area contributed by atoms with Crippen molar-refractivity contribution in [3.05, 3.63) is 28.5 Å². The molecule has 0 aromatic carbocycles. The monoisotopic (exact) mass is 161 g/mol.